The van der Waals surface area contributed by atoms with Crippen molar-refractivity contribution in [3.63, 3.8) is 0 Å². The minimum atomic E-state index is -1.21. The van der Waals surface area contributed by atoms with Crippen LogP contribution in [-0.4, -0.2) is 41.7 Å². The number of benzene rings is 1. The Kier molecular flexibility index (Phi) is 3.39. The topological polar surface area (TPSA) is 85.4 Å². The van der Waals surface area contributed by atoms with Gasteiger partial charge in [0, 0.05) is 31.4 Å². The maximum atomic E-state index is 11.8. The first-order chi connectivity index (χ1) is 10.0. The lowest BCUT2D eigenvalue weighted by molar-refractivity contribution is 0.0695. The van der Waals surface area contributed by atoms with Crippen molar-refractivity contribution >= 4 is 22.6 Å². The van der Waals surface area contributed by atoms with Crippen LogP contribution in [0, 0.1) is 0 Å². The summed E-state index contributed by atoms with van der Waals surface area (Å²) in [5.41, 5.74) is 0.898. The summed E-state index contributed by atoms with van der Waals surface area (Å²) in [5.74, 6) is -1.21. The molecule has 6 nitrogen and oxygen atoms in total. The van der Waals surface area contributed by atoms with Gasteiger partial charge in [0.25, 0.3) is 5.56 Å². The molecular weight excluding hydrogens is 270 g/mol. The zero-order valence-corrected chi connectivity index (χ0v) is 11.7. The molecule has 2 aromatic rings. The maximum absolute atomic E-state index is 11.8. The van der Waals surface area contributed by atoms with Crippen LogP contribution in [0.3, 0.4) is 0 Å². The summed E-state index contributed by atoms with van der Waals surface area (Å²) in [6.45, 7) is 4.87. The lowest BCUT2D eigenvalue weighted by Gasteiger charge is -2.33. The van der Waals surface area contributed by atoms with Crippen molar-refractivity contribution < 1.29 is 9.90 Å². The Bertz CT molecular complexity index is 753. The lowest BCUT2D eigenvalue weighted by Crippen LogP contribution is -2.49. The van der Waals surface area contributed by atoms with Gasteiger partial charge in [-0.05, 0) is 30.5 Å². The van der Waals surface area contributed by atoms with E-state index >= 15 is 0 Å². The molecule has 1 aliphatic heterocycles. The predicted octanol–water partition coefficient (Wildman–Crippen LogP) is 1.02. The first-order valence-corrected chi connectivity index (χ1v) is 6.93. The fourth-order valence-electron chi connectivity index (χ4n) is 2.71. The van der Waals surface area contributed by atoms with Crippen molar-refractivity contribution in [3.05, 3.63) is 40.2 Å². The molecule has 3 N–H and O–H groups in total. The third-order valence-corrected chi connectivity index (χ3v) is 3.79. The highest BCUT2D eigenvalue weighted by Crippen LogP contribution is 2.21. The van der Waals surface area contributed by atoms with Crippen molar-refractivity contribution in [1.82, 2.24) is 10.3 Å². The summed E-state index contributed by atoms with van der Waals surface area (Å²) in [7, 11) is 0. The minimum Gasteiger partial charge on any atom is -0.477 e. The first kappa shape index (κ1) is 13.6. The van der Waals surface area contributed by atoms with Crippen LogP contribution in [0.5, 0.6) is 0 Å². The number of hydrogen-bond acceptors (Lipinski definition) is 4. The van der Waals surface area contributed by atoms with E-state index in [9.17, 15) is 9.59 Å². The molecule has 1 unspecified atom stereocenters. The number of nitrogens with one attached hydrogen (secondary N) is 2. The van der Waals surface area contributed by atoms with Gasteiger partial charge in [-0.25, -0.2) is 4.79 Å². The summed E-state index contributed by atoms with van der Waals surface area (Å²) < 4.78 is 0. The molecule has 0 radical (unpaired) electrons. The highest BCUT2D eigenvalue weighted by Gasteiger charge is 2.17. The van der Waals surface area contributed by atoms with Crippen LogP contribution in [0.2, 0.25) is 0 Å². The predicted molar refractivity (Wildman–Crippen MR) is 81.2 cm³/mol. The van der Waals surface area contributed by atoms with Crippen molar-refractivity contribution in [2.45, 2.75) is 13.0 Å². The number of carboxylic acid groups (broad SMARTS) is 1. The van der Waals surface area contributed by atoms with Crippen molar-refractivity contribution in [2.75, 3.05) is 24.5 Å². The van der Waals surface area contributed by atoms with Crippen molar-refractivity contribution in [2.24, 2.45) is 0 Å². The molecule has 1 aromatic carbocycles. The molecule has 2 heterocycles. The van der Waals surface area contributed by atoms with Crippen LogP contribution in [-0.2, 0) is 0 Å². The van der Waals surface area contributed by atoms with Crippen LogP contribution in [0.1, 0.15) is 17.3 Å². The smallest absolute Gasteiger partial charge is 0.341 e. The molecule has 0 spiro atoms. The Morgan fingerprint density at radius 1 is 1.38 bits per heavy atom. The highest BCUT2D eigenvalue weighted by atomic mass is 16.4. The lowest BCUT2D eigenvalue weighted by atomic mass is 10.1. The van der Waals surface area contributed by atoms with Gasteiger partial charge in [-0.1, -0.05) is 6.07 Å². The maximum Gasteiger partial charge on any atom is 0.341 e. The molecule has 1 aliphatic rings. The summed E-state index contributed by atoms with van der Waals surface area (Å²) in [6, 6.07) is 7.55. The number of anilines is 1. The van der Waals surface area contributed by atoms with Gasteiger partial charge >= 0.3 is 5.97 Å². The molecule has 0 bridgehead atoms. The summed E-state index contributed by atoms with van der Waals surface area (Å²) in [4.78, 5) is 27.6. The van der Waals surface area contributed by atoms with E-state index in [4.69, 9.17) is 5.11 Å². The number of aromatic amines is 1. The second-order valence-corrected chi connectivity index (χ2v) is 5.39. The number of carboxylic acids is 1. The Morgan fingerprint density at radius 3 is 2.90 bits per heavy atom. The van der Waals surface area contributed by atoms with Crippen molar-refractivity contribution in [3.8, 4) is 0 Å². The molecule has 1 atom stereocenters. The molecule has 1 fully saturated rings. The number of H-pyrrole nitrogens is 1. The molecule has 6 heteroatoms. The molecule has 0 saturated carbocycles. The van der Waals surface area contributed by atoms with Crippen LogP contribution in [0.25, 0.3) is 10.9 Å². The van der Waals surface area contributed by atoms with Gasteiger partial charge in [-0.3, -0.25) is 4.79 Å². The summed E-state index contributed by atoms with van der Waals surface area (Å²) in [5, 5.41) is 13.1. The monoisotopic (exact) mass is 287 g/mol. The fourth-order valence-corrected chi connectivity index (χ4v) is 2.71. The van der Waals surface area contributed by atoms with Gasteiger partial charge < -0.3 is 20.3 Å². The van der Waals surface area contributed by atoms with E-state index in [1.54, 1.807) is 0 Å². The molecule has 110 valence electrons. The Morgan fingerprint density at radius 2 is 2.19 bits per heavy atom. The third-order valence-electron chi connectivity index (χ3n) is 3.79. The Labute approximate surface area is 121 Å². The summed E-state index contributed by atoms with van der Waals surface area (Å²) in [6.07, 6.45) is 0. The standard InChI is InChI=1S/C15H17N3O3/c1-9-8-18(5-4-16-9)11-3-2-10-6-12(15(20)21)14(19)17-13(10)7-11/h2-3,6-7,9,16H,4-5,8H2,1H3,(H,17,19)(H,20,21). The average Bonchev–Trinajstić information content (AvgIpc) is 2.45. The fraction of sp³-hybridized carbons (Fsp3) is 0.333. The molecule has 3 rings (SSSR count). The van der Waals surface area contributed by atoms with E-state index in [0.29, 0.717) is 11.6 Å². The number of aromatic nitrogens is 1. The molecule has 1 aromatic heterocycles. The molecule has 0 amide bonds. The molecule has 1 saturated heterocycles. The van der Waals surface area contributed by atoms with Crippen LogP contribution in [0.4, 0.5) is 5.69 Å². The van der Waals surface area contributed by atoms with Gasteiger partial charge in [0.2, 0.25) is 0 Å². The van der Waals surface area contributed by atoms with E-state index in [2.05, 4.69) is 22.1 Å². The largest absolute Gasteiger partial charge is 0.477 e. The SMILES string of the molecule is CC1CN(c2ccc3cc(C(=O)O)c(=O)[nH]c3c2)CCN1. The zero-order valence-electron chi connectivity index (χ0n) is 11.7. The summed E-state index contributed by atoms with van der Waals surface area (Å²) >= 11 is 0. The zero-order chi connectivity index (χ0) is 15.0. The van der Waals surface area contributed by atoms with E-state index < -0.39 is 11.5 Å². The normalized spacial score (nSPS) is 18.9. The minimum absolute atomic E-state index is 0.231. The van der Waals surface area contributed by atoms with Gasteiger partial charge in [0.1, 0.15) is 5.56 Å². The second kappa shape index (κ2) is 5.21. The second-order valence-electron chi connectivity index (χ2n) is 5.39. The van der Waals surface area contributed by atoms with Crippen LogP contribution < -0.4 is 15.8 Å². The van der Waals surface area contributed by atoms with Gasteiger partial charge in [-0.2, -0.15) is 0 Å². The van der Waals surface area contributed by atoms with Crippen LogP contribution >= 0.6 is 0 Å². The van der Waals surface area contributed by atoms with Gasteiger partial charge in [-0.15, -0.1) is 0 Å². The number of fused-ring (bicyclic) bond motifs is 1. The van der Waals surface area contributed by atoms with Crippen molar-refractivity contribution in [1.29, 1.82) is 0 Å². The Hall–Kier alpha value is -2.34. The van der Waals surface area contributed by atoms with Gasteiger partial charge in [0.15, 0.2) is 0 Å². The number of rotatable bonds is 2. The number of nitrogens with zero attached hydrogens (tertiary/aromatic N) is 1. The Balaban J connectivity index is 2.02. The number of hydrogen-bond donors (Lipinski definition) is 3. The van der Waals surface area contributed by atoms with E-state index in [-0.39, 0.29) is 5.56 Å². The van der Waals surface area contributed by atoms with E-state index in [1.165, 1.54) is 6.07 Å². The van der Waals surface area contributed by atoms with Crippen LogP contribution in [0.15, 0.2) is 29.1 Å². The number of carbonyl (C=O) groups is 1. The molecular formula is C15H17N3O3. The number of aromatic carboxylic acids is 1. The molecule has 0 aliphatic carbocycles. The van der Waals surface area contributed by atoms with Gasteiger partial charge in [0.05, 0.1) is 5.52 Å². The van der Waals surface area contributed by atoms with E-state index in [0.717, 1.165) is 30.7 Å². The quantitative estimate of drug-likeness (QED) is 0.768. The third kappa shape index (κ3) is 2.62. The number of pyridine rings is 1. The van der Waals surface area contributed by atoms with E-state index in [1.807, 2.05) is 18.2 Å². The highest BCUT2D eigenvalue weighted by molar-refractivity contribution is 5.93. The average molecular weight is 287 g/mol. The molecule has 21 heavy (non-hydrogen) atoms. The first-order valence-electron chi connectivity index (χ1n) is 6.93. The number of piperazine rings is 1.